The number of carbonyl (C=O) groups is 1. The number of para-hydroxylation sites is 1. The van der Waals surface area contributed by atoms with E-state index in [9.17, 15) is 13.2 Å². The predicted molar refractivity (Wildman–Crippen MR) is 119 cm³/mol. The van der Waals surface area contributed by atoms with Crippen LogP contribution in [-0.2, 0) is 15.6 Å². The van der Waals surface area contributed by atoms with Gasteiger partial charge in [0, 0.05) is 10.1 Å². The Hall–Kier alpha value is -2.51. The van der Waals surface area contributed by atoms with Crippen LogP contribution < -0.4 is 5.32 Å². The highest BCUT2D eigenvalue weighted by Crippen LogP contribution is 2.38. The van der Waals surface area contributed by atoms with Crippen molar-refractivity contribution in [1.29, 1.82) is 0 Å². The number of thioether (sulfide) groups is 1. The number of nitrogens with one attached hydrogen (secondary N) is 1. The molecule has 7 heteroatoms. The molecule has 0 aliphatic heterocycles. The standard InChI is InChI=1S/C23H23NO4S2/c25-23(24-20-12-6-7-13-22(20)29-18-8-4-5-9-18)21-15-14-17(28-21)16-30(26,27)19-10-2-1-3-11-19/h1-3,6-7,10-15,18H,4-5,8-9,16H2,(H,24,25). The maximum absolute atomic E-state index is 12.7. The molecule has 1 amide bonds. The third-order valence-corrected chi connectivity index (χ3v) is 8.12. The van der Waals surface area contributed by atoms with Gasteiger partial charge in [-0.1, -0.05) is 43.2 Å². The molecule has 0 spiro atoms. The van der Waals surface area contributed by atoms with Gasteiger partial charge >= 0.3 is 0 Å². The molecule has 1 fully saturated rings. The maximum Gasteiger partial charge on any atom is 0.291 e. The molecule has 30 heavy (non-hydrogen) atoms. The Kier molecular flexibility index (Phi) is 6.29. The van der Waals surface area contributed by atoms with Gasteiger partial charge in [-0.3, -0.25) is 4.79 Å². The second-order valence-electron chi connectivity index (χ2n) is 7.31. The summed E-state index contributed by atoms with van der Waals surface area (Å²) in [6.07, 6.45) is 4.91. The molecule has 0 atom stereocenters. The van der Waals surface area contributed by atoms with E-state index in [-0.39, 0.29) is 22.2 Å². The summed E-state index contributed by atoms with van der Waals surface area (Å²) in [7, 11) is -3.53. The molecule has 1 saturated carbocycles. The molecule has 1 N–H and O–H groups in total. The number of hydrogen-bond acceptors (Lipinski definition) is 5. The van der Waals surface area contributed by atoms with Gasteiger partial charge < -0.3 is 9.73 Å². The highest BCUT2D eigenvalue weighted by atomic mass is 32.2. The van der Waals surface area contributed by atoms with E-state index in [4.69, 9.17) is 4.42 Å². The molecule has 0 saturated heterocycles. The summed E-state index contributed by atoms with van der Waals surface area (Å²) in [4.78, 5) is 14.0. The Balaban J connectivity index is 1.45. The van der Waals surface area contributed by atoms with E-state index in [1.54, 1.807) is 42.1 Å². The monoisotopic (exact) mass is 441 g/mol. The van der Waals surface area contributed by atoms with E-state index in [1.807, 2.05) is 24.3 Å². The number of carbonyl (C=O) groups excluding carboxylic acids is 1. The Bertz CT molecular complexity index is 1120. The molecule has 1 heterocycles. The number of benzene rings is 2. The van der Waals surface area contributed by atoms with E-state index in [0.29, 0.717) is 5.25 Å². The largest absolute Gasteiger partial charge is 0.455 e. The molecule has 1 aliphatic carbocycles. The van der Waals surface area contributed by atoms with Crippen molar-refractivity contribution in [3.8, 4) is 0 Å². The van der Waals surface area contributed by atoms with Gasteiger partial charge in [-0.15, -0.1) is 11.8 Å². The first-order valence-corrected chi connectivity index (χ1v) is 12.5. The minimum Gasteiger partial charge on any atom is -0.455 e. The number of rotatable bonds is 7. The molecule has 156 valence electrons. The fourth-order valence-electron chi connectivity index (χ4n) is 3.52. The van der Waals surface area contributed by atoms with E-state index < -0.39 is 15.7 Å². The smallest absolute Gasteiger partial charge is 0.291 e. The van der Waals surface area contributed by atoms with Crippen molar-refractivity contribution < 1.29 is 17.6 Å². The summed E-state index contributed by atoms with van der Waals surface area (Å²) < 4.78 is 30.6. The van der Waals surface area contributed by atoms with Gasteiger partial charge in [0.25, 0.3) is 5.91 Å². The van der Waals surface area contributed by atoms with Crippen LogP contribution in [0, 0.1) is 0 Å². The minimum absolute atomic E-state index is 0.0916. The average Bonchev–Trinajstić information content (AvgIpc) is 3.42. The second-order valence-corrected chi connectivity index (χ2v) is 10.6. The fraction of sp³-hybridized carbons (Fsp3) is 0.261. The van der Waals surface area contributed by atoms with Crippen LogP contribution in [0.15, 0.2) is 80.9 Å². The van der Waals surface area contributed by atoms with Crippen LogP contribution in [0.3, 0.4) is 0 Å². The molecule has 0 radical (unpaired) electrons. The van der Waals surface area contributed by atoms with Crippen molar-refractivity contribution in [3.05, 3.63) is 78.3 Å². The topological polar surface area (TPSA) is 76.4 Å². The molecule has 1 aromatic heterocycles. The van der Waals surface area contributed by atoms with Crippen LogP contribution in [0.1, 0.15) is 42.0 Å². The van der Waals surface area contributed by atoms with Crippen molar-refractivity contribution in [2.45, 2.75) is 46.5 Å². The number of anilines is 1. The Morgan fingerprint density at radius 1 is 0.967 bits per heavy atom. The summed E-state index contributed by atoms with van der Waals surface area (Å²) in [5.41, 5.74) is 0.745. The first-order valence-electron chi connectivity index (χ1n) is 9.95. The highest BCUT2D eigenvalue weighted by molar-refractivity contribution is 8.00. The Morgan fingerprint density at radius 2 is 1.67 bits per heavy atom. The third kappa shape index (κ3) is 4.96. The zero-order valence-electron chi connectivity index (χ0n) is 16.4. The van der Waals surface area contributed by atoms with Crippen molar-refractivity contribution in [2.24, 2.45) is 0 Å². The molecule has 4 rings (SSSR count). The fourth-order valence-corrected chi connectivity index (χ4v) is 6.12. The van der Waals surface area contributed by atoms with Crippen LogP contribution in [0.25, 0.3) is 0 Å². The molecular formula is C23H23NO4S2. The summed E-state index contributed by atoms with van der Waals surface area (Å²) in [5.74, 6) is -0.359. The van der Waals surface area contributed by atoms with E-state index in [2.05, 4.69) is 5.32 Å². The number of hydrogen-bond donors (Lipinski definition) is 1. The van der Waals surface area contributed by atoms with Gasteiger partial charge in [0.15, 0.2) is 15.6 Å². The summed E-state index contributed by atoms with van der Waals surface area (Å²) in [5, 5.41) is 3.49. The number of sulfone groups is 1. The number of furan rings is 1. The summed E-state index contributed by atoms with van der Waals surface area (Å²) in [6, 6.07) is 19.0. The average molecular weight is 442 g/mol. The maximum atomic E-state index is 12.7. The van der Waals surface area contributed by atoms with E-state index in [0.717, 1.165) is 10.6 Å². The molecular weight excluding hydrogens is 418 g/mol. The normalized spacial score (nSPS) is 14.7. The Labute approximate surface area is 180 Å². The van der Waals surface area contributed by atoms with Gasteiger partial charge in [0.05, 0.1) is 10.6 Å². The van der Waals surface area contributed by atoms with Gasteiger partial charge in [-0.2, -0.15) is 0 Å². The van der Waals surface area contributed by atoms with Crippen molar-refractivity contribution in [1.82, 2.24) is 0 Å². The lowest BCUT2D eigenvalue weighted by Gasteiger charge is -2.13. The molecule has 1 aliphatic rings. The Morgan fingerprint density at radius 3 is 2.43 bits per heavy atom. The highest BCUT2D eigenvalue weighted by Gasteiger charge is 2.21. The first-order chi connectivity index (χ1) is 14.5. The minimum atomic E-state index is -3.53. The van der Waals surface area contributed by atoms with Crippen molar-refractivity contribution >= 4 is 33.2 Å². The van der Waals surface area contributed by atoms with Crippen LogP contribution in [0.5, 0.6) is 0 Å². The summed E-state index contributed by atoms with van der Waals surface area (Å²) in [6.45, 7) is 0. The molecule has 2 aromatic carbocycles. The van der Waals surface area contributed by atoms with Crippen LogP contribution in [0.4, 0.5) is 5.69 Å². The van der Waals surface area contributed by atoms with Crippen molar-refractivity contribution in [3.63, 3.8) is 0 Å². The molecule has 0 unspecified atom stereocenters. The third-order valence-electron chi connectivity index (χ3n) is 5.05. The van der Waals surface area contributed by atoms with Crippen LogP contribution >= 0.6 is 11.8 Å². The van der Waals surface area contributed by atoms with Crippen LogP contribution in [0.2, 0.25) is 0 Å². The molecule has 5 nitrogen and oxygen atoms in total. The van der Waals surface area contributed by atoms with Gasteiger partial charge in [0.1, 0.15) is 11.5 Å². The zero-order valence-corrected chi connectivity index (χ0v) is 18.0. The lowest BCUT2D eigenvalue weighted by molar-refractivity contribution is 0.0995. The first kappa shape index (κ1) is 20.8. The van der Waals surface area contributed by atoms with E-state index >= 15 is 0 Å². The summed E-state index contributed by atoms with van der Waals surface area (Å²) >= 11 is 1.80. The zero-order chi connectivity index (χ0) is 21.0. The number of amides is 1. The molecule has 0 bridgehead atoms. The predicted octanol–water partition coefficient (Wildman–Crippen LogP) is 5.54. The molecule has 3 aromatic rings. The van der Waals surface area contributed by atoms with Gasteiger partial charge in [0.2, 0.25) is 0 Å². The second kappa shape index (κ2) is 9.10. The van der Waals surface area contributed by atoms with E-state index in [1.165, 1.54) is 37.8 Å². The quantitative estimate of drug-likeness (QED) is 0.521. The van der Waals surface area contributed by atoms with Crippen molar-refractivity contribution in [2.75, 3.05) is 5.32 Å². The van der Waals surface area contributed by atoms with Gasteiger partial charge in [-0.05, 0) is 49.2 Å². The van der Waals surface area contributed by atoms with Gasteiger partial charge in [-0.25, -0.2) is 8.42 Å². The van der Waals surface area contributed by atoms with Crippen LogP contribution in [-0.4, -0.2) is 19.6 Å². The lowest BCUT2D eigenvalue weighted by atomic mass is 10.3. The SMILES string of the molecule is O=C(Nc1ccccc1SC1CCCC1)c1ccc(CS(=O)(=O)c2ccccc2)o1. The lowest BCUT2D eigenvalue weighted by Crippen LogP contribution is -2.12.